The van der Waals surface area contributed by atoms with Crippen molar-refractivity contribution in [3.8, 4) is 17.5 Å². The van der Waals surface area contributed by atoms with Crippen LogP contribution in [-0.4, -0.2) is 29.3 Å². The summed E-state index contributed by atoms with van der Waals surface area (Å²) in [7, 11) is 0. The average molecular weight is 613 g/mol. The lowest BCUT2D eigenvalue weighted by molar-refractivity contribution is -0.384. The van der Waals surface area contributed by atoms with Crippen LogP contribution in [0.1, 0.15) is 17.3 Å². The molecule has 1 aliphatic heterocycles. The van der Waals surface area contributed by atoms with Crippen LogP contribution >= 0.6 is 15.9 Å². The molecule has 0 spiro atoms. The second kappa shape index (κ2) is 9.88. The SMILES string of the molecule is N#CC1=C(N)n2c(=O)c3ccccc3c(=O)n2C1c1cc(Br)ccc1OCc1cn(-c2cccc([N+](=O)[O-])c2)nn1. The molecule has 1 unspecified atom stereocenters. The Morgan fingerprint density at radius 2 is 1.83 bits per heavy atom. The summed E-state index contributed by atoms with van der Waals surface area (Å²) in [4.78, 5) is 37.6. The molecule has 2 N–H and O–H groups in total. The lowest BCUT2D eigenvalue weighted by atomic mass is 9.99. The Hall–Kier alpha value is -5.55. The molecule has 6 rings (SSSR count). The van der Waals surface area contributed by atoms with Crippen molar-refractivity contribution in [3.63, 3.8) is 0 Å². The van der Waals surface area contributed by atoms with E-state index in [2.05, 4.69) is 32.3 Å². The Labute approximate surface area is 238 Å². The first-order valence-corrected chi connectivity index (χ1v) is 12.8. The molecule has 3 aromatic carbocycles. The zero-order valence-electron chi connectivity index (χ0n) is 20.8. The van der Waals surface area contributed by atoms with Crippen LogP contribution in [0.25, 0.3) is 22.3 Å². The second-order valence-corrected chi connectivity index (χ2v) is 9.94. The lowest BCUT2D eigenvalue weighted by Gasteiger charge is -2.20. The first-order valence-electron chi connectivity index (χ1n) is 12.0. The van der Waals surface area contributed by atoms with Crippen LogP contribution in [0.15, 0.2) is 92.6 Å². The number of nitriles is 1. The Morgan fingerprint density at radius 1 is 1.07 bits per heavy atom. The topological polar surface area (TPSA) is 177 Å². The van der Waals surface area contributed by atoms with Crippen molar-refractivity contribution in [2.45, 2.75) is 12.6 Å². The molecule has 13 nitrogen and oxygen atoms in total. The van der Waals surface area contributed by atoms with Crippen LogP contribution in [0.2, 0.25) is 0 Å². The van der Waals surface area contributed by atoms with Crippen molar-refractivity contribution in [1.82, 2.24) is 24.4 Å². The number of rotatable bonds is 6. The van der Waals surface area contributed by atoms with E-state index in [1.807, 2.05) is 0 Å². The van der Waals surface area contributed by atoms with Gasteiger partial charge in [0, 0.05) is 22.2 Å². The molecule has 0 fully saturated rings. The molecule has 0 bridgehead atoms. The molecule has 5 aromatic rings. The van der Waals surface area contributed by atoms with Gasteiger partial charge < -0.3 is 10.5 Å². The van der Waals surface area contributed by atoms with Crippen LogP contribution in [0, 0.1) is 21.4 Å². The van der Waals surface area contributed by atoms with Crippen LogP contribution < -0.4 is 21.6 Å². The number of aromatic nitrogens is 5. The lowest BCUT2D eigenvalue weighted by Crippen LogP contribution is -2.38. The molecule has 14 heteroatoms. The summed E-state index contributed by atoms with van der Waals surface area (Å²) in [5.41, 5.74) is 6.44. The third-order valence-electron chi connectivity index (χ3n) is 6.63. The number of halogens is 1. The van der Waals surface area contributed by atoms with Crippen molar-refractivity contribution in [3.05, 3.63) is 125 Å². The number of nitro benzene ring substituents is 1. The predicted octanol–water partition coefficient (Wildman–Crippen LogP) is 3.25. The molecule has 3 heterocycles. The van der Waals surface area contributed by atoms with E-state index >= 15 is 0 Å². The smallest absolute Gasteiger partial charge is 0.279 e. The zero-order valence-corrected chi connectivity index (χ0v) is 22.4. The van der Waals surface area contributed by atoms with Crippen molar-refractivity contribution in [1.29, 1.82) is 5.26 Å². The Kier molecular flexibility index (Phi) is 6.20. The number of nitro groups is 1. The molecule has 0 saturated carbocycles. The van der Waals surface area contributed by atoms with Gasteiger partial charge in [-0.25, -0.2) is 9.36 Å². The molecule has 1 aliphatic rings. The van der Waals surface area contributed by atoms with Crippen molar-refractivity contribution in [2.24, 2.45) is 5.73 Å². The van der Waals surface area contributed by atoms with Gasteiger partial charge in [0.2, 0.25) is 0 Å². The maximum Gasteiger partial charge on any atom is 0.279 e. The average Bonchev–Trinajstić information content (AvgIpc) is 3.57. The minimum absolute atomic E-state index is 0.0130. The highest BCUT2D eigenvalue weighted by Crippen LogP contribution is 2.39. The summed E-state index contributed by atoms with van der Waals surface area (Å²) in [5, 5.41) is 29.7. The number of hydrogen-bond donors (Lipinski definition) is 1. The Bertz CT molecular complexity index is 2090. The Balaban J connectivity index is 1.40. The molecule has 41 heavy (non-hydrogen) atoms. The van der Waals surface area contributed by atoms with E-state index in [9.17, 15) is 25.0 Å². The first-order chi connectivity index (χ1) is 19.8. The molecule has 1 atom stereocenters. The minimum atomic E-state index is -1.04. The fourth-order valence-electron chi connectivity index (χ4n) is 4.78. The maximum atomic E-state index is 13.6. The molecule has 0 radical (unpaired) electrons. The highest BCUT2D eigenvalue weighted by Gasteiger charge is 2.36. The number of benzene rings is 3. The number of nitrogens with zero attached hydrogens (tertiary/aromatic N) is 7. The summed E-state index contributed by atoms with van der Waals surface area (Å²) in [6, 6.07) is 18.4. The van der Waals surface area contributed by atoms with Gasteiger partial charge in [-0.15, -0.1) is 5.10 Å². The van der Waals surface area contributed by atoms with Gasteiger partial charge in [-0.05, 0) is 36.4 Å². The number of non-ortho nitro benzene ring substituents is 1. The minimum Gasteiger partial charge on any atom is -0.487 e. The first kappa shape index (κ1) is 25.7. The van der Waals surface area contributed by atoms with Crippen LogP contribution in [-0.2, 0) is 6.61 Å². The standard InChI is InChI=1S/C27H17BrN8O5/c28-15-8-9-23(41-14-16-13-33(32-31-16)17-4-3-5-18(11-17)36(39)40)21(10-15)24-22(12-29)25(30)35-27(38)20-7-2-1-6-19(20)26(37)34(24)35/h1-11,13,24H,14,30H2. The summed E-state index contributed by atoms with van der Waals surface area (Å²) >= 11 is 3.44. The number of nitrogens with two attached hydrogens (primary N) is 1. The highest BCUT2D eigenvalue weighted by molar-refractivity contribution is 9.10. The highest BCUT2D eigenvalue weighted by atomic mass is 79.9. The summed E-state index contributed by atoms with van der Waals surface area (Å²) in [6.07, 6.45) is 1.57. The largest absolute Gasteiger partial charge is 0.487 e. The summed E-state index contributed by atoms with van der Waals surface area (Å²) in [6.45, 7) is -0.0587. The second-order valence-electron chi connectivity index (χ2n) is 9.03. The van der Waals surface area contributed by atoms with Gasteiger partial charge in [0.15, 0.2) is 0 Å². The Morgan fingerprint density at radius 3 is 2.56 bits per heavy atom. The molecule has 2 aromatic heterocycles. The molecule has 0 aliphatic carbocycles. The van der Waals surface area contributed by atoms with Gasteiger partial charge in [-0.1, -0.05) is 39.3 Å². The third kappa shape index (κ3) is 4.24. The fraction of sp³-hybridized carbons (Fsp3) is 0.0741. The van der Waals surface area contributed by atoms with Crippen LogP contribution in [0.4, 0.5) is 5.69 Å². The normalized spacial score (nSPS) is 14.2. The van der Waals surface area contributed by atoms with E-state index in [1.54, 1.807) is 54.7 Å². The molecule has 0 amide bonds. The van der Waals surface area contributed by atoms with Gasteiger partial charge in [-0.2, -0.15) is 9.94 Å². The van der Waals surface area contributed by atoms with Crippen molar-refractivity contribution < 1.29 is 9.66 Å². The zero-order chi connectivity index (χ0) is 28.8. The van der Waals surface area contributed by atoms with Gasteiger partial charge >= 0.3 is 0 Å². The van der Waals surface area contributed by atoms with E-state index in [0.717, 1.165) is 4.68 Å². The number of fused-ring (bicyclic) bond motifs is 2. The van der Waals surface area contributed by atoms with Crippen molar-refractivity contribution >= 4 is 38.2 Å². The van der Waals surface area contributed by atoms with E-state index in [0.29, 0.717) is 27.2 Å². The monoisotopic (exact) mass is 612 g/mol. The number of ether oxygens (including phenoxy) is 1. The van der Waals surface area contributed by atoms with Gasteiger partial charge in [0.1, 0.15) is 41.6 Å². The molecule has 202 valence electrons. The maximum absolute atomic E-state index is 13.6. The summed E-state index contributed by atoms with van der Waals surface area (Å²) in [5.74, 6) is 0.167. The quantitative estimate of drug-likeness (QED) is 0.222. The van der Waals surface area contributed by atoms with Crippen LogP contribution in [0.3, 0.4) is 0 Å². The van der Waals surface area contributed by atoms with E-state index in [1.165, 1.54) is 27.6 Å². The molecular formula is C27H17BrN8O5. The van der Waals surface area contributed by atoms with E-state index < -0.39 is 22.1 Å². The third-order valence-corrected chi connectivity index (χ3v) is 7.13. The fourth-order valence-corrected chi connectivity index (χ4v) is 5.16. The van der Waals surface area contributed by atoms with Gasteiger partial charge in [-0.3, -0.25) is 19.7 Å². The molecule has 0 saturated heterocycles. The van der Waals surface area contributed by atoms with Crippen LogP contribution in [0.5, 0.6) is 5.75 Å². The van der Waals surface area contributed by atoms with E-state index in [4.69, 9.17) is 10.5 Å². The van der Waals surface area contributed by atoms with E-state index in [-0.39, 0.29) is 34.5 Å². The predicted molar refractivity (Wildman–Crippen MR) is 150 cm³/mol. The van der Waals surface area contributed by atoms with Crippen molar-refractivity contribution in [2.75, 3.05) is 0 Å². The van der Waals surface area contributed by atoms with Gasteiger partial charge in [0.05, 0.1) is 27.6 Å². The number of hydrogen-bond acceptors (Lipinski definition) is 9. The van der Waals surface area contributed by atoms with Gasteiger partial charge in [0.25, 0.3) is 16.8 Å². The summed E-state index contributed by atoms with van der Waals surface area (Å²) < 4.78 is 10.3. The molecular weight excluding hydrogens is 596 g/mol. The number of allylic oxidation sites excluding steroid dienone is 1.